The molecule has 1 saturated heterocycles. The number of aromatic nitrogens is 1. The Hall–Kier alpha value is -2.41. The fraction of sp³-hybridized carbons (Fsp3) is 0.400. The molecule has 2 aromatic rings. The molecular formula is C20H25N3O3S. The van der Waals surface area contributed by atoms with E-state index in [0.717, 1.165) is 22.4 Å². The summed E-state index contributed by atoms with van der Waals surface area (Å²) in [5.41, 5.74) is 4.50. The highest BCUT2D eigenvalue weighted by atomic mass is 32.2. The zero-order valence-electron chi connectivity index (χ0n) is 16.1. The topological polar surface area (TPSA) is 79.4 Å². The lowest BCUT2D eigenvalue weighted by molar-refractivity contribution is 0.102. The maximum Gasteiger partial charge on any atom is 0.255 e. The quantitative estimate of drug-likeness (QED) is 0.873. The summed E-state index contributed by atoms with van der Waals surface area (Å²) in [4.78, 5) is 18.9. The van der Waals surface area contributed by atoms with Gasteiger partial charge in [-0.25, -0.2) is 13.4 Å². The van der Waals surface area contributed by atoms with Crippen LogP contribution in [0.5, 0.6) is 0 Å². The van der Waals surface area contributed by atoms with Gasteiger partial charge in [-0.2, -0.15) is 0 Å². The molecule has 3 rings (SSSR count). The monoisotopic (exact) mass is 387 g/mol. The van der Waals surface area contributed by atoms with Gasteiger partial charge in [0.15, 0.2) is 9.84 Å². The third kappa shape index (κ3) is 4.30. The molecule has 0 aliphatic carbocycles. The lowest BCUT2D eigenvalue weighted by Gasteiger charge is -2.24. The van der Waals surface area contributed by atoms with E-state index in [1.165, 1.54) is 0 Å². The summed E-state index contributed by atoms with van der Waals surface area (Å²) in [6.07, 6.45) is 2.16. The maximum atomic E-state index is 12.7. The molecule has 1 unspecified atom stereocenters. The molecule has 2 heterocycles. The van der Waals surface area contributed by atoms with Crippen molar-refractivity contribution >= 4 is 27.2 Å². The number of hydrogen-bond donors (Lipinski definition) is 1. The Morgan fingerprint density at radius 3 is 2.44 bits per heavy atom. The van der Waals surface area contributed by atoms with Crippen molar-refractivity contribution in [2.24, 2.45) is 0 Å². The van der Waals surface area contributed by atoms with Crippen LogP contribution in [0.4, 0.5) is 11.5 Å². The summed E-state index contributed by atoms with van der Waals surface area (Å²) in [5, 5.41) is 2.99. The number of benzene rings is 1. The first kappa shape index (κ1) is 19.4. The third-order valence-corrected chi connectivity index (χ3v) is 6.79. The van der Waals surface area contributed by atoms with E-state index in [1.807, 2.05) is 44.9 Å². The predicted molar refractivity (Wildman–Crippen MR) is 108 cm³/mol. The van der Waals surface area contributed by atoms with E-state index in [0.29, 0.717) is 17.8 Å². The van der Waals surface area contributed by atoms with E-state index in [2.05, 4.69) is 10.3 Å². The van der Waals surface area contributed by atoms with Crippen molar-refractivity contribution in [3.05, 3.63) is 52.7 Å². The van der Waals surface area contributed by atoms with Crippen molar-refractivity contribution in [2.45, 2.75) is 33.2 Å². The smallest absolute Gasteiger partial charge is 0.255 e. The summed E-state index contributed by atoms with van der Waals surface area (Å²) in [6, 6.07) is 7.34. The second-order valence-electron chi connectivity index (χ2n) is 7.30. The molecule has 1 aliphatic rings. The molecule has 1 N–H and O–H groups in total. The first-order valence-corrected chi connectivity index (χ1v) is 10.8. The minimum atomic E-state index is -2.98. The molecule has 0 radical (unpaired) electrons. The van der Waals surface area contributed by atoms with Gasteiger partial charge in [0.1, 0.15) is 5.82 Å². The summed E-state index contributed by atoms with van der Waals surface area (Å²) < 4.78 is 23.5. The van der Waals surface area contributed by atoms with Crippen molar-refractivity contribution in [1.29, 1.82) is 0 Å². The van der Waals surface area contributed by atoms with E-state index in [4.69, 9.17) is 0 Å². The highest BCUT2D eigenvalue weighted by Gasteiger charge is 2.31. The van der Waals surface area contributed by atoms with Crippen molar-refractivity contribution in [1.82, 2.24) is 4.98 Å². The highest BCUT2D eigenvalue weighted by molar-refractivity contribution is 7.91. The van der Waals surface area contributed by atoms with Crippen LogP contribution >= 0.6 is 0 Å². The number of pyridine rings is 1. The Morgan fingerprint density at radius 1 is 1.19 bits per heavy atom. The van der Waals surface area contributed by atoms with Crippen LogP contribution in [0.3, 0.4) is 0 Å². The normalized spacial score (nSPS) is 18.3. The van der Waals surface area contributed by atoms with Crippen LogP contribution in [0.15, 0.2) is 30.5 Å². The SMILES string of the molecule is Cc1cc(C)c(NC(=O)c2ccnc(N(C)C3CCS(=O)(=O)C3)c2)c(C)c1. The molecule has 1 amide bonds. The van der Waals surface area contributed by atoms with Crippen LogP contribution in [0.1, 0.15) is 33.5 Å². The van der Waals surface area contributed by atoms with Gasteiger partial charge < -0.3 is 10.2 Å². The Morgan fingerprint density at radius 2 is 1.85 bits per heavy atom. The zero-order chi connectivity index (χ0) is 19.8. The van der Waals surface area contributed by atoms with Crippen molar-refractivity contribution in [3.63, 3.8) is 0 Å². The Kier molecular flexibility index (Phi) is 5.24. The lowest BCUT2D eigenvalue weighted by atomic mass is 10.0. The second kappa shape index (κ2) is 7.31. The fourth-order valence-electron chi connectivity index (χ4n) is 3.58. The second-order valence-corrected chi connectivity index (χ2v) is 9.53. The average Bonchev–Trinajstić information content (AvgIpc) is 2.97. The highest BCUT2D eigenvalue weighted by Crippen LogP contribution is 2.24. The van der Waals surface area contributed by atoms with E-state index in [9.17, 15) is 13.2 Å². The van der Waals surface area contributed by atoms with Gasteiger partial charge in [0.2, 0.25) is 0 Å². The predicted octanol–water partition coefficient (Wildman–Crippen LogP) is 2.88. The van der Waals surface area contributed by atoms with E-state index < -0.39 is 9.84 Å². The first-order chi connectivity index (χ1) is 12.7. The van der Waals surface area contributed by atoms with E-state index in [-0.39, 0.29) is 23.5 Å². The number of rotatable bonds is 4. The van der Waals surface area contributed by atoms with Gasteiger partial charge in [-0.15, -0.1) is 0 Å². The molecule has 1 atom stereocenters. The molecule has 7 heteroatoms. The van der Waals surface area contributed by atoms with Crippen molar-refractivity contribution in [2.75, 3.05) is 28.8 Å². The van der Waals surface area contributed by atoms with Gasteiger partial charge in [0, 0.05) is 30.5 Å². The van der Waals surface area contributed by atoms with Gasteiger partial charge in [-0.3, -0.25) is 4.79 Å². The molecule has 1 aromatic carbocycles. The summed E-state index contributed by atoms with van der Waals surface area (Å²) in [6.45, 7) is 5.98. The molecule has 27 heavy (non-hydrogen) atoms. The molecule has 0 bridgehead atoms. The van der Waals surface area contributed by atoms with Gasteiger partial charge in [0.25, 0.3) is 5.91 Å². The van der Waals surface area contributed by atoms with Gasteiger partial charge in [0.05, 0.1) is 11.5 Å². The van der Waals surface area contributed by atoms with E-state index in [1.54, 1.807) is 18.3 Å². The van der Waals surface area contributed by atoms with Crippen molar-refractivity contribution in [3.8, 4) is 0 Å². The summed E-state index contributed by atoms with van der Waals surface area (Å²) in [5.74, 6) is 0.723. The molecule has 1 aromatic heterocycles. The van der Waals surface area contributed by atoms with Gasteiger partial charge in [-0.1, -0.05) is 17.7 Å². The van der Waals surface area contributed by atoms with E-state index >= 15 is 0 Å². The minimum Gasteiger partial charge on any atom is -0.356 e. The Bertz CT molecular complexity index is 963. The number of nitrogens with zero attached hydrogens (tertiary/aromatic N) is 2. The fourth-order valence-corrected chi connectivity index (χ4v) is 5.36. The maximum absolute atomic E-state index is 12.7. The number of aryl methyl sites for hydroxylation is 3. The first-order valence-electron chi connectivity index (χ1n) is 8.95. The number of sulfone groups is 1. The molecule has 0 saturated carbocycles. The zero-order valence-corrected chi connectivity index (χ0v) is 16.9. The molecule has 1 fully saturated rings. The largest absolute Gasteiger partial charge is 0.356 e. The van der Waals surface area contributed by atoms with Crippen LogP contribution in [0, 0.1) is 20.8 Å². The van der Waals surface area contributed by atoms with Crippen LogP contribution in [0.2, 0.25) is 0 Å². The number of hydrogen-bond acceptors (Lipinski definition) is 5. The summed E-state index contributed by atoms with van der Waals surface area (Å²) in [7, 11) is -1.15. The molecule has 1 aliphatic heterocycles. The summed E-state index contributed by atoms with van der Waals surface area (Å²) >= 11 is 0. The minimum absolute atomic E-state index is 0.109. The van der Waals surface area contributed by atoms with Crippen LogP contribution < -0.4 is 10.2 Å². The average molecular weight is 388 g/mol. The van der Waals surface area contributed by atoms with Crippen molar-refractivity contribution < 1.29 is 13.2 Å². The number of anilines is 2. The van der Waals surface area contributed by atoms with Crippen LogP contribution in [-0.4, -0.2) is 43.9 Å². The molecule has 6 nitrogen and oxygen atoms in total. The molecule has 144 valence electrons. The lowest BCUT2D eigenvalue weighted by Crippen LogP contribution is -2.33. The number of carbonyl (C=O) groups is 1. The number of amides is 1. The third-order valence-electron chi connectivity index (χ3n) is 5.04. The standard InChI is InChI=1S/C20H25N3O3S/c1-13-9-14(2)19(15(3)10-13)22-20(24)16-5-7-21-18(11-16)23(4)17-6-8-27(25,26)12-17/h5,7,9-11,17H,6,8,12H2,1-4H3,(H,22,24). The molecular weight excluding hydrogens is 362 g/mol. The van der Waals surface area contributed by atoms with Gasteiger partial charge >= 0.3 is 0 Å². The van der Waals surface area contributed by atoms with Crippen LogP contribution in [-0.2, 0) is 9.84 Å². The Labute approximate surface area is 160 Å². The number of nitrogens with one attached hydrogen (secondary N) is 1. The van der Waals surface area contributed by atoms with Gasteiger partial charge in [-0.05, 0) is 50.5 Å². The van der Waals surface area contributed by atoms with Crippen LogP contribution in [0.25, 0.3) is 0 Å². The number of carbonyl (C=O) groups excluding carboxylic acids is 1. The Balaban J connectivity index is 1.80. The molecule has 0 spiro atoms.